The molecule has 0 atom stereocenters. The van der Waals surface area contributed by atoms with Crippen LogP contribution in [0.5, 0.6) is 0 Å². The predicted octanol–water partition coefficient (Wildman–Crippen LogP) is 0.863. The van der Waals surface area contributed by atoms with E-state index < -0.39 is 22.1 Å². The molecule has 0 radical (unpaired) electrons. The molecule has 1 aromatic carbocycles. The number of hydrogen-bond acceptors (Lipinski definition) is 5. The first kappa shape index (κ1) is 16.1. The number of benzene rings is 1. The van der Waals surface area contributed by atoms with Gasteiger partial charge < -0.3 is 10.5 Å². The van der Waals surface area contributed by atoms with Gasteiger partial charge in [0.1, 0.15) is 10.8 Å². The van der Waals surface area contributed by atoms with Crippen molar-refractivity contribution in [3.8, 4) is 0 Å². The van der Waals surface area contributed by atoms with Gasteiger partial charge >= 0.3 is 16.3 Å². The van der Waals surface area contributed by atoms with Crippen molar-refractivity contribution in [3.05, 3.63) is 29.6 Å². The Hall–Kier alpha value is -1.94. The van der Waals surface area contributed by atoms with Crippen LogP contribution in [0.15, 0.2) is 18.2 Å². The van der Waals surface area contributed by atoms with Crippen molar-refractivity contribution in [1.29, 1.82) is 0 Å². The van der Waals surface area contributed by atoms with Gasteiger partial charge in [-0.1, -0.05) is 12.2 Å². The zero-order chi connectivity index (χ0) is 15.3. The van der Waals surface area contributed by atoms with Crippen molar-refractivity contribution in [2.24, 2.45) is 5.73 Å². The summed E-state index contributed by atoms with van der Waals surface area (Å²) in [6.45, 7) is 1.51. The Morgan fingerprint density at radius 1 is 1.50 bits per heavy atom. The van der Waals surface area contributed by atoms with Crippen molar-refractivity contribution < 1.29 is 22.3 Å². The van der Waals surface area contributed by atoms with Gasteiger partial charge in [0.2, 0.25) is 0 Å². The molecule has 1 amide bonds. The molecule has 4 N–H and O–H groups in total. The van der Waals surface area contributed by atoms with E-state index in [1.165, 1.54) is 13.0 Å². The predicted molar refractivity (Wildman–Crippen MR) is 75.0 cm³/mol. The minimum Gasteiger partial charge on any atom is -0.449 e. The van der Waals surface area contributed by atoms with Crippen LogP contribution in [0.4, 0.5) is 14.9 Å². The fourth-order valence-corrected chi connectivity index (χ4v) is 2.10. The molecule has 0 heterocycles. The maximum Gasteiger partial charge on any atom is 0.422 e. The first-order valence-corrected chi connectivity index (χ1v) is 7.21. The number of carbonyl (C=O) groups is 1. The maximum atomic E-state index is 13.6. The summed E-state index contributed by atoms with van der Waals surface area (Å²) < 4.78 is 44.5. The molecule has 110 valence electrons. The number of nitrogens with one attached hydrogen (secondary N) is 2. The van der Waals surface area contributed by atoms with Crippen molar-refractivity contribution in [3.63, 3.8) is 0 Å². The molecular formula is C10H12FN3O4S2. The highest BCUT2D eigenvalue weighted by Gasteiger charge is 2.17. The van der Waals surface area contributed by atoms with E-state index in [9.17, 15) is 17.6 Å². The molecule has 0 aliphatic carbocycles. The van der Waals surface area contributed by atoms with Crippen LogP contribution >= 0.6 is 12.2 Å². The molecule has 0 saturated carbocycles. The van der Waals surface area contributed by atoms with E-state index in [-0.39, 0.29) is 22.8 Å². The molecule has 1 aromatic rings. The summed E-state index contributed by atoms with van der Waals surface area (Å²) in [5.74, 6) is -0.885. The molecular weight excluding hydrogens is 309 g/mol. The second-order valence-electron chi connectivity index (χ2n) is 3.49. The highest BCUT2D eigenvalue weighted by atomic mass is 32.2. The third kappa shape index (κ3) is 4.63. The lowest BCUT2D eigenvalue weighted by atomic mass is 10.2. The normalized spacial score (nSPS) is 10.7. The van der Waals surface area contributed by atoms with Gasteiger partial charge in [-0.2, -0.15) is 8.42 Å². The average Bonchev–Trinajstić information content (AvgIpc) is 2.30. The van der Waals surface area contributed by atoms with E-state index in [1.807, 2.05) is 4.72 Å². The number of amides is 1. The van der Waals surface area contributed by atoms with E-state index in [0.717, 1.165) is 12.1 Å². The van der Waals surface area contributed by atoms with Crippen LogP contribution in [0.2, 0.25) is 0 Å². The molecule has 0 unspecified atom stereocenters. The van der Waals surface area contributed by atoms with Gasteiger partial charge in [0.15, 0.2) is 0 Å². The fourth-order valence-electron chi connectivity index (χ4n) is 1.19. The van der Waals surface area contributed by atoms with Crippen molar-refractivity contribution in [1.82, 2.24) is 4.72 Å². The lowest BCUT2D eigenvalue weighted by Gasteiger charge is -2.10. The van der Waals surface area contributed by atoms with Gasteiger partial charge in [-0.25, -0.2) is 13.9 Å². The third-order valence-electron chi connectivity index (χ3n) is 1.99. The van der Waals surface area contributed by atoms with Gasteiger partial charge in [-0.3, -0.25) is 4.72 Å². The Morgan fingerprint density at radius 2 is 2.15 bits per heavy atom. The summed E-state index contributed by atoms with van der Waals surface area (Å²) in [7, 11) is -4.29. The van der Waals surface area contributed by atoms with Gasteiger partial charge in [0.05, 0.1) is 12.3 Å². The topological polar surface area (TPSA) is 111 Å². The Labute approximate surface area is 120 Å². The van der Waals surface area contributed by atoms with Gasteiger partial charge in [-0.15, -0.1) is 0 Å². The highest BCUT2D eigenvalue weighted by molar-refractivity contribution is 7.91. The van der Waals surface area contributed by atoms with Gasteiger partial charge in [-0.05, 0) is 25.1 Å². The summed E-state index contributed by atoms with van der Waals surface area (Å²) in [5.41, 5.74) is 5.20. The van der Waals surface area contributed by atoms with E-state index in [0.29, 0.717) is 0 Å². The molecule has 7 nitrogen and oxygen atoms in total. The minimum absolute atomic E-state index is 0.00163. The summed E-state index contributed by atoms with van der Waals surface area (Å²) in [5, 5.41) is 0. The zero-order valence-electron chi connectivity index (χ0n) is 10.3. The molecule has 0 aromatic heterocycles. The Balaban J connectivity index is 2.87. The number of thiocarbonyl (C=S) groups is 1. The first-order chi connectivity index (χ1) is 9.25. The Morgan fingerprint density at radius 3 is 2.65 bits per heavy atom. The van der Waals surface area contributed by atoms with Gasteiger partial charge in [0.25, 0.3) is 0 Å². The van der Waals surface area contributed by atoms with Crippen molar-refractivity contribution in [2.75, 3.05) is 11.3 Å². The molecule has 10 heteroatoms. The van der Waals surface area contributed by atoms with E-state index >= 15 is 0 Å². The molecule has 1 rings (SSSR count). The minimum atomic E-state index is -4.29. The van der Waals surface area contributed by atoms with Crippen LogP contribution in [-0.4, -0.2) is 26.1 Å². The lowest BCUT2D eigenvalue weighted by molar-refractivity contribution is 0.159. The molecule has 0 spiro atoms. The summed E-state index contributed by atoms with van der Waals surface area (Å²) >= 11 is 4.66. The lowest BCUT2D eigenvalue weighted by Crippen LogP contribution is -2.36. The quantitative estimate of drug-likeness (QED) is 0.694. The second-order valence-corrected chi connectivity index (χ2v) is 5.34. The number of ether oxygens (including phenoxy) is 1. The van der Waals surface area contributed by atoms with Crippen LogP contribution in [-0.2, 0) is 14.9 Å². The molecule has 0 saturated heterocycles. The van der Waals surface area contributed by atoms with Crippen LogP contribution in [0, 0.1) is 5.82 Å². The monoisotopic (exact) mass is 321 g/mol. The number of hydrogen-bond donors (Lipinski definition) is 3. The van der Waals surface area contributed by atoms with Crippen LogP contribution < -0.4 is 15.2 Å². The number of nitrogens with two attached hydrogens (primary N) is 1. The standard InChI is InChI=1S/C10H12FN3O4S2/c1-2-18-10(15)14-20(16,17)13-8-4-3-6(9(12)19)5-7(8)11/h3-5,13H,2H2,1H3,(H2,12,19)(H,14,15). The van der Waals surface area contributed by atoms with Crippen LogP contribution in [0.3, 0.4) is 0 Å². The largest absolute Gasteiger partial charge is 0.449 e. The number of rotatable bonds is 5. The van der Waals surface area contributed by atoms with Crippen LogP contribution in [0.1, 0.15) is 12.5 Å². The molecule has 0 fully saturated rings. The first-order valence-electron chi connectivity index (χ1n) is 5.32. The maximum absolute atomic E-state index is 13.6. The number of halogens is 1. The van der Waals surface area contributed by atoms with E-state index in [2.05, 4.69) is 17.0 Å². The van der Waals surface area contributed by atoms with E-state index in [1.54, 1.807) is 4.72 Å². The molecule has 0 aliphatic rings. The zero-order valence-corrected chi connectivity index (χ0v) is 12.0. The van der Waals surface area contributed by atoms with Crippen LogP contribution in [0.25, 0.3) is 0 Å². The third-order valence-corrected chi connectivity index (χ3v) is 3.15. The number of carbonyl (C=O) groups excluding carboxylic acids is 1. The molecule has 0 bridgehead atoms. The summed E-state index contributed by atoms with van der Waals surface area (Å²) in [6.07, 6.45) is -1.17. The number of anilines is 1. The summed E-state index contributed by atoms with van der Waals surface area (Å²) in [6, 6.07) is 3.45. The Kier molecular flexibility index (Phi) is 5.22. The van der Waals surface area contributed by atoms with E-state index in [4.69, 9.17) is 5.73 Å². The van der Waals surface area contributed by atoms with Crippen molar-refractivity contribution >= 4 is 39.2 Å². The molecule has 0 aliphatic heterocycles. The fraction of sp³-hybridized carbons (Fsp3) is 0.200. The van der Waals surface area contributed by atoms with Gasteiger partial charge in [0, 0.05) is 5.56 Å². The Bertz CT molecular complexity index is 633. The highest BCUT2D eigenvalue weighted by Crippen LogP contribution is 2.16. The van der Waals surface area contributed by atoms with Crippen molar-refractivity contribution in [2.45, 2.75) is 6.92 Å². The SMILES string of the molecule is CCOC(=O)NS(=O)(=O)Nc1ccc(C(N)=S)cc1F. The average molecular weight is 321 g/mol. The molecule has 20 heavy (non-hydrogen) atoms. The second kappa shape index (κ2) is 6.48. The smallest absolute Gasteiger partial charge is 0.422 e. The summed E-state index contributed by atoms with van der Waals surface area (Å²) in [4.78, 5) is 11.0.